The molecule has 0 aliphatic heterocycles. The zero-order valence-corrected chi connectivity index (χ0v) is 19.0. The molecule has 2 rings (SSSR count). The number of anilines is 1. The van der Waals surface area contributed by atoms with E-state index in [-0.39, 0.29) is 17.1 Å². The Bertz CT molecular complexity index is 1010. The number of nitro groups is 1. The molecule has 0 fully saturated rings. The molecule has 0 unspecified atom stereocenters. The van der Waals surface area contributed by atoms with Crippen molar-refractivity contribution < 1.29 is 33.5 Å². The first kappa shape index (κ1) is 26.1. The Morgan fingerprint density at radius 1 is 1.00 bits per heavy atom. The lowest BCUT2D eigenvalue weighted by Gasteiger charge is -2.09. The Kier molecular flexibility index (Phi) is 10.3. The first-order chi connectivity index (χ1) is 16.3. The monoisotopic (exact) mass is 473 g/mol. The van der Waals surface area contributed by atoms with E-state index in [1.807, 2.05) is 0 Å². The van der Waals surface area contributed by atoms with E-state index in [0.29, 0.717) is 24.5 Å². The lowest BCUT2D eigenvalue weighted by atomic mass is 10.2. The second kappa shape index (κ2) is 13.4. The van der Waals surface area contributed by atoms with E-state index in [4.69, 9.17) is 14.2 Å². The van der Waals surface area contributed by atoms with Crippen LogP contribution in [0.5, 0.6) is 11.5 Å². The molecule has 2 N–H and O–H groups in total. The molecule has 0 saturated carbocycles. The maximum atomic E-state index is 12.2. The number of nitrogens with zero attached hydrogens (tertiary/aromatic N) is 1. The van der Waals surface area contributed by atoms with Gasteiger partial charge in [0, 0.05) is 5.56 Å². The van der Waals surface area contributed by atoms with Gasteiger partial charge in [-0.3, -0.25) is 24.5 Å². The second-order valence-electron chi connectivity index (χ2n) is 6.99. The van der Waals surface area contributed by atoms with Gasteiger partial charge in [0.2, 0.25) is 0 Å². The van der Waals surface area contributed by atoms with E-state index < -0.39 is 35.9 Å². The number of benzene rings is 2. The number of hydrogen-bond acceptors (Lipinski definition) is 8. The number of esters is 1. The summed E-state index contributed by atoms with van der Waals surface area (Å²) in [6.07, 6.45) is 1.94. The van der Waals surface area contributed by atoms with Crippen LogP contribution in [0.1, 0.15) is 37.0 Å². The second-order valence-corrected chi connectivity index (χ2v) is 6.99. The third-order valence-corrected chi connectivity index (χ3v) is 4.39. The van der Waals surface area contributed by atoms with Crippen molar-refractivity contribution in [2.75, 3.05) is 31.7 Å². The Labute approximate surface area is 196 Å². The van der Waals surface area contributed by atoms with E-state index in [2.05, 4.69) is 17.6 Å². The summed E-state index contributed by atoms with van der Waals surface area (Å²) in [5.41, 5.74) is -0.0965. The lowest BCUT2D eigenvalue weighted by Crippen LogP contribution is -2.32. The molecule has 2 aromatic rings. The number of amides is 2. The fraction of sp³-hybridized carbons (Fsp3) is 0.348. The minimum absolute atomic E-state index is 0.0649. The molecule has 0 saturated heterocycles. The molecule has 0 aliphatic rings. The quantitative estimate of drug-likeness (QED) is 0.195. The molecule has 0 spiro atoms. The van der Waals surface area contributed by atoms with Crippen LogP contribution in [0.25, 0.3) is 0 Å². The summed E-state index contributed by atoms with van der Waals surface area (Å²) in [5, 5.41) is 16.0. The summed E-state index contributed by atoms with van der Waals surface area (Å²) in [6, 6.07) is 10.4. The van der Waals surface area contributed by atoms with Gasteiger partial charge in [-0.1, -0.05) is 13.3 Å². The predicted molar refractivity (Wildman–Crippen MR) is 123 cm³/mol. The summed E-state index contributed by atoms with van der Waals surface area (Å²) in [5.74, 6) is -1.18. The Hall–Kier alpha value is -4.15. The van der Waals surface area contributed by atoms with E-state index in [0.717, 1.165) is 12.8 Å². The fourth-order valence-corrected chi connectivity index (χ4v) is 2.70. The topological polar surface area (TPSA) is 146 Å². The minimum atomic E-state index is -0.843. The van der Waals surface area contributed by atoms with Crippen molar-refractivity contribution >= 4 is 29.2 Å². The SMILES string of the molecule is CCCCOc1ccc(C(=O)NCC(=O)OCC(=O)Nc2ccc(OCC)cc2[N+](=O)[O-])cc1. The van der Waals surface area contributed by atoms with Crippen LogP contribution >= 0.6 is 0 Å². The third-order valence-electron chi connectivity index (χ3n) is 4.39. The molecule has 0 heterocycles. The summed E-state index contributed by atoms with van der Waals surface area (Å²) in [4.78, 5) is 46.6. The Balaban J connectivity index is 1.79. The third kappa shape index (κ3) is 8.41. The average Bonchev–Trinajstić information content (AvgIpc) is 2.82. The van der Waals surface area contributed by atoms with Crippen molar-refractivity contribution in [2.45, 2.75) is 26.7 Å². The molecule has 2 amide bonds. The highest BCUT2D eigenvalue weighted by Crippen LogP contribution is 2.29. The van der Waals surface area contributed by atoms with Crippen molar-refractivity contribution in [3.63, 3.8) is 0 Å². The number of unbranched alkanes of at least 4 members (excludes halogenated alkanes) is 1. The highest BCUT2D eigenvalue weighted by Gasteiger charge is 2.18. The summed E-state index contributed by atoms with van der Waals surface area (Å²) in [6.45, 7) is 3.58. The maximum Gasteiger partial charge on any atom is 0.325 e. The maximum absolute atomic E-state index is 12.2. The van der Waals surface area contributed by atoms with Gasteiger partial charge in [-0.15, -0.1) is 0 Å². The predicted octanol–water partition coefficient (Wildman–Crippen LogP) is 3.08. The van der Waals surface area contributed by atoms with Gasteiger partial charge < -0.3 is 24.8 Å². The van der Waals surface area contributed by atoms with Crippen molar-refractivity contribution in [1.82, 2.24) is 5.32 Å². The molecule has 0 atom stereocenters. The highest BCUT2D eigenvalue weighted by molar-refractivity contribution is 5.97. The molecule has 11 nitrogen and oxygen atoms in total. The van der Waals surface area contributed by atoms with Gasteiger partial charge >= 0.3 is 5.97 Å². The van der Waals surface area contributed by atoms with Gasteiger partial charge in [0.15, 0.2) is 6.61 Å². The van der Waals surface area contributed by atoms with Crippen LogP contribution in [-0.4, -0.2) is 49.1 Å². The van der Waals surface area contributed by atoms with Gasteiger partial charge in [-0.2, -0.15) is 0 Å². The smallest absolute Gasteiger partial charge is 0.325 e. The van der Waals surface area contributed by atoms with Crippen molar-refractivity contribution in [1.29, 1.82) is 0 Å². The van der Waals surface area contributed by atoms with E-state index >= 15 is 0 Å². The van der Waals surface area contributed by atoms with Gasteiger partial charge in [0.05, 0.1) is 24.2 Å². The van der Waals surface area contributed by atoms with Crippen molar-refractivity contribution in [2.24, 2.45) is 0 Å². The van der Waals surface area contributed by atoms with Crippen LogP contribution < -0.4 is 20.1 Å². The van der Waals surface area contributed by atoms with Crippen molar-refractivity contribution in [3.8, 4) is 11.5 Å². The fourth-order valence-electron chi connectivity index (χ4n) is 2.70. The molecule has 0 aromatic heterocycles. The largest absolute Gasteiger partial charge is 0.494 e. The molecule has 11 heteroatoms. The van der Waals surface area contributed by atoms with E-state index in [9.17, 15) is 24.5 Å². The lowest BCUT2D eigenvalue weighted by molar-refractivity contribution is -0.384. The standard InChI is InChI=1S/C23H27N3O8/c1-3-5-12-33-17-8-6-16(7-9-17)23(29)24-14-22(28)34-15-21(27)25-19-11-10-18(32-4-2)13-20(19)26(30)31/h6-11,13H,3-5,12,14-15H2,1-2H3,(H,24,29)(H,25,27). The molecule has 34 heavy (non-hydrogen) atoms. The first-order valence-electron chi connectivity index (χ1n) is 10.7. The molecule has 0 aliphatic carbocycles. The Morgan fingerprint density at radius 3 is 2.35 bits per heavy atom. The molecule has 182 valence electrons. The van der Waals surface area contributed by atoms with Crippen LogP contribution in [0.15, 0.2) is 42.5 Å². The van der Waals surface area contributed by atoms with Crippen LogP contribution in [0.2, 0.25) is 0 Å². The summed E-state index contributed by atoms with van der Waals surface area (Å²) < 4.78 is 15.6. The Morgan fingerprint density at radius 2 is 1.71 bits per heavy atom. The van der Waals surface area contributed by atoms with Gasteiger partial charge in [0.1, 0.15) is 23.7 Å². The number of ether oxygens (including phenoxy) is 3. The van der Waals surface area contributed by atoms with Gasteiger partial charge in [-0.05, 0) is 49.7 Å². The van der Waals surface area contributed by atoms with Crippen LogP contribution in [-0.2, 0) is 14.3 Å². The van der Waals surface area contributed by atoms with Crippen molar-refractivity contribution in [3.05, 3.63) is 58.1 Å². The van der Waals surface area contributed by atoms with E-state index in [1.165, 1.54) is 18.2 Å². The van der Waals surface area contributed by atoms with Gasteiger partial charge in [0.25, 0.3) is 17.5 Å². The van der Waals surface area contributed by atoms with E-state index in [1.54, 1.807) is 31.2 Å². The number of carbonyl (C=O) groups is 3. The first-order valence-corrected chi connectivity index (χ1v) is 10.7. The molecule has 0 radical (unpaired) electrons. The summed E-state index contributed by atoms with van der Waals surface area (Å²) in [7, 11) is 0. The van der Waals surface area contributed by atoms with Crippen LogP contribution in [0.3, 0.4) is 0 Å². The zero-order chi connectivity index (χ0) is 24.9. The average molecular weight is 473 g/mol. The minimum Gasteiger partial charge on any atom is -0.494 e. The zero-order valence-electron chi connectivity index (χ0n) is 19.0. The molecular weight excluding hydrogens is 446 g/mol. The van der Waals surface area contributed by atoms with Crippen LogP contribution in [0, 0.1) is 10.1 Å². The van der Waals surface area contributed by atoms with Gasteiger partial charge in [-0.25, -0.2) is 0 Å². The number of nitrogens with one attached hydrogen (secondary N) is 2. The highest BCUT2D eigenvalue weighted by atomic mass is 16.6. The number of carbonyl (C=O) groups excluding carboxylic acids is 3. The molecule has 0 bridgehead atoms. The summed E-state index contributed by atoms with van der Waals surface area (Å²) >= 11 is 0. The normalized spacial score (nSPS) is 10.2. The number of nitro benzene ring substituents is 1. The number of hydrogen-bond donors (Lipinski definition) is 2. The van der Waals surface area contributed by atoms with Crippen LogP contribution in [0.4, 0.5) is 11.4 Å². The number of rotatable bonds is 13. The molecular formula is C23H27N3O8. The molecule has 2 aromatic carbocycles.